The van der Waals surface area contributed by atoms with Crippen molar-refractivity contribution in [3.05, 3.63) is 10.6 Å². The van der Waals surface area contributed by atoms with Crippen LogP contribution in [0.2, 0.25) is 0 Å². The fraction of sp³-hybridized carbons (Fsp3) is 0.750. The number of rotatable bonds is 3. The van der Waals surface area contributed by atoms with Gasteiger partial charge < -0.3 is 4.90 Å². The molecule has 0 amide bonds. The number of hydrogen-bond donors (Lipinski definition) is 0. The number of carbonyl (C=O) groups excluding carboxylic acids is 1. The van der Waals surface area contributed by atoms with Gasteiger partial charge in [0.15, 0.2) is 11.4 Å². The SMILES string of the molecule is CC1CCC(N(C)c2nc(C(C)(C)C)c(C=O)s2)CC1. The lowest BCUT2D eigenvalue weighted by Crippen LogP contribution is -2.34. The minimum atomic E-state index is -0.0765. The number of nitrogens with zero attached hydrogens (tertiary/aromatic N) is 2. The van der Waals surface area contributed by atoms with Crippen LogP contribution in [-0.2, 0) is 5.41 Å². The van der Waals surface area contributed by atoms with Crippen LogP contribution in [0.25, 0.3) is 0 Å². The van der Waals surface area contributed by atoms with Crippen LogP contribution in [0.1, 0.15) is 68.7 Å². The first-order valence-corrected chi connectivity index (χ1v) is 8.34. The van der Waals surface area contributed by atoms with Crippen molar-refractivity contribution in [3.8, 4) is 0 Å². The Bertz CT molecular complexity index is 467. The molecule has 0 bridgehead atoms. The second kappa shape index (κ2) is 5.84. The van der Waals surface area contributed by atoms with Gasteiger partial charge in [0, 0.05) is 18.5 Å². The summed E-state index contributed by atoms with van der Waals surface area (Å²) >= 11 is 1.54. The molecular formula is C16H26N2OS. The molecular weight excluding hydrogens is 268 g/mol. The zero-order valence-corrected chi connectivity index (χ0v) is 14.1. The fourth-order valence-electron chi connectivity index (χ4n) is 2.87. The van der Waals surface area contributed by atoms with Gasteiger partial charge in [-0.25, -0.2) is 4.98 Å². The van der Waals surface area contributed by atoms with Crippen LogP contribution in [0.5, 0.6) is 0 Å². The Balaban J connectivity index is 2.20. The summed E-state index contributed by atoms with van der Waals surface area (Å²) < 4.78 is 0. The molecule has 1 aromatic heterocycles. The molecule has 20 heavy (non-hydrogen) atoms. The van der Waals surface area contributed by atoms with E-state index in [0.717, 1.165) is 27.9 Å². The van der Waals surface area contributed by atoms with Gasteiger partial charge in [0.2, 0.25) is 0 Å². The molecule has 1 aliphatic rings. The third kappa shape index (κ3) is 3.22. The smallest absolute Gasteiger partial charge is 0.186 e. The van der Waals surface area contributed by atoms with Gasteiger partial charge in [-0.05, 0) is 31.6 Å². The minimum Gasteiger partial charge on any atom is -0.348 e. The van der Waals surface area contributed by atoms with Crippen LogP contribution in [0.3, 0.4) is 0 Å². The summed E-state index contributed by atoms with van der Waals surface area (Å²) in [5.74, 6) is 0.853. The highest BCUT2D eigenvalue weighted by Crippen LogP contribution is 2.35. The van der Waals surface area contributed by atoms with Crippen LogP contribution >= 0.6 is 11.3 Å². The van der Waals surface area contributed by atoms with E-state index in [9.17, 15) is 4.79 Å². The third-order valence-electron chi connectivity index (χ3n) is 4.29. The molecule has 2 rings (SSSR count). The Kier molecular flexibility index (Phi) is 4.52. The molecule has 0 aliphatic heterocycles. The summed E-state index contributed by atoms with van der Waals surface area (Å²) in [7, 11) is 2.13. The number of aromatic nitrogens is 1. The molecule has 0 spiro atoms. The molecule has 0 saturated heterocycles. The van der Waals surface area contributed by atoms with E-state index in [1.165, 1.54) is 37.0 Å². The maximum absolute atomic E-state index is 11.3. The van der Waals surface area contributed by atoms with Crippen molar-refractivity contribution < 1.29 is 4.79 Å². The van der Waals surface area contributed by atoms with Crippen LogP contribution < -0.4 is 4.90 Å². The standard InChI is InChI=1S/C16H26N2OS/c1-11-6-8-12(9-7-11)18(5)15-17-14(16(2,3)4)13(10-19)20-15/h10-12H,6-9H2,1-5H3. The Hall–Kier alpha value is -0.900. The van der Waals surface area contributed by atoms with E-state index in [4.69, 9.17) is 4.98 Å². The number of anilines is 1. The van der Waals surface area contributed by atoms with Crippen molar-refractivity contribution in [3.63, 3.8) is 0 Å². The van der Waals surface area contributed by atoms with E-state index in [1.807, 2.05) is 0 Å². The van der Waals surface area contributed by atoms with Gasteiger partial charge in [-0.3, -0.25) is 4.79 Å². The van der Waals surface area contributed by atoms with E-state index >= 15 is 0 Å². The molecule has 1 saturated carbocycles. The summed E-state index contributed by atoms with van der Waals surface area (Å²) in [6.45, 7) is 8.67. The molecule has 1 fully saturated rings. The fourth-order valence-corrected chi connectivity index (χ4v) is 4.00. The largest absolute Gasteiger partial charge is 0.348 e. The molecule has 0 aromatic carbocycles. The summed E-state index contributed by atoms with van der Waals surface area (Å²) in [5, 5.41) is 0.997. The number of hydrogen-bond acceptors (Lipinski definition) is 4. The summed E-state index contributed by atoms with van der Waals surface area (Å²) in [4.78, 5) is 19.1. The van der Waals surface area contributed by atoms with Crippen LogP contribution in [0.4, 0.5) is 5.13 Å². The molecule has 0 atom stereocenters. The van der Waals surface area contributed by atoms with Gasteiger partial charge >= 0.3 is 0 Å². The lowest BCUT2D eigenvalue weighted by Gasteiger charge is -2.33. The normalized spacial score (nSPS) is 23.6. The van der Waals surface area contributed by atoms with Gasteiger partial charge in [0.25, 0.3) is 0 Å². The van der Waals surface area contributed by atoms with Crippen molar-refractivity contribution in [2.75, 3.05) is 11.9 Å². The Morgan fingerprint density at radius 1 is 1.25 bits per heavy atom. The van der Waals surface area contributed by atoms with Gasteiger partial charge in [0.05, 0.1) is 10.6 Å². The quantitative estimate of drug-likeness (QED) is 0.781. The second-order valence-electron chi connectivity index (χ2n) is 7.10. The van der Waals surface area contributed by atoms with Crippen molar-refractivity contribution in [2.45, 2.75) is 64.8 Å². The van der Waals surface area contributed by atoms with Gasteiger partial charge in [-0.1, -0.05) is 39.0 Å². The van der Waals surface area contributed by atoms with Crippen molar-refractivity contribution in [2.24, 2.45) is 5.92 Å². The highest BCUT2D eigenvalue weighted by molar-refractivity contribution is 7.17. The van der Waals surface area contributed by atoms with E-state index in [0.29, 0.717) is 6.04 Å². The van der Waals surface area contributed by atoms with Crippen molar-refractivity contribution in [1.29, 1.82) is 0 Å². The molecule has 1 heterocycles. The van der Waals surface area contributed by atoms with Crippen molar-refractivity contribution >= 4 is 22.8 Å². The van der Waals surface area contributed by atoms with E-state index in [2.05, 4.69) is 39.6 Å². The Labute approximate surface area is 126 Å². The van der Waals surface area contributed by atoms with E-state index < -0.39 is 0 Å². The van der Waals surface area contributed by atoms with Crippen molar-refractivity contribution in [1.82, 2.24) is 4.98 Å². The highest BCUT2D eigenvalue weighted by Gasteiger charge is 2.27. The highest BCUT2D eigenvalue weighted by atomic mass is 32.1. The second-order valence-corrected chi connectivity index (χ2v) is 8.11. The summed E-state index contributed by atoms with van der Waals surface area (Å²) in [5.41, 5.74) is 0.857. The summed E-state index contributed by atoms with van der Waals surface area (Å²) in [6.07, 6.45) is 6.02. The number of aldehydes is 1. The maximum Gasteiger partial charge on any atom is 0.186 e. The van der Waals surface area contributed by atoms with E-state index in [1.54, 1.807) is 0 Å². The summed E-state index contributed by atoms with van der Waals surface area (Å²) in [6, 6.07) is 0.574. The average Bonchev–Trinajstić information content (AvgIpc) is 2.83. The average molecular weight is 294 g/mol. The van der Waals surface area contributed by atoms with Gasteiger partial charge in [0.1, 0.15) is 0 Å². The molecule has 4 heteroatoms. The molecule has 1 aliphatic carbocycles. The first-order valence-electron chi connectivity index (χ1n) is 7.52. The third-order valence-corrected chi connectivity index (χ3v) is 5.37. The monoisotopic (exact) mass is 294 g/mol. The predicted molar refractivity (Wildman–Crippen MR) is 86.0 cm³/mol. The maximum atomic E-state index is 11.3. The molecule has 0 radical (unpaired) electrons. The Morgan fingerprint density at radius 2 is 1.85 bits per heavy atom. The number of thiazole rings is 1. The molecule has 0 N–H and O–H groups in total. The van der Waals surface area contributed by atoms with Gasteiger partial charge in [-0.15, -0.1) is 0 Å². The van der Waals surface area contributed by atoms with Crippen LogP contribution in [0.15, 0.2) is 0 Å². The molecule has 112 valence electrons. The lowest BCUT2D eigenvalue weighted by atomic mass is 9.87. The van der Waals surface area contributed by atoms with Gasteiger partial charge in [-0.2, -0.15) is 0 Å². The first-order chi connectivity index (χ1) is 9.32. The van der Waals surface area contributed by atoms with E-state index in [-0.39, 0.29) is 5.41 Å². The zero-order chi connectivity index (χ0) is 14.9. The molecule has 3 nitrogen and oxygen atoms in total. The first kappa shape index (κ1) is 15.5. The Morgan fingerprint density at radius 3 is 2.30 bits per heavy atom. The topological polar surface area (TPSA) is 33.2 Å². The number of carbonyl (C=O) groups is 1. The molecule has 1 aromatic rings. The minimum absolute atomic E-state index is 0.0765. The lowest BCUT2D eigenvalue weighted by molar-refractivity contribution is 0.112. The zero-order valence-electron chi connectivity index (χ0n) is 13.3. The van der Waals surface area contributed by atoms with Crippen LogP contribution in [-0.4, -0.2) is 24.4 Å². The molecule has 0 unspecified atom stereocenters. The van der Waals surface area contributed by atoms with Crippen LogP contribution in [0, 0.1) is 5.92 Å². The predicted octanol–water partition coefficient (Wildman–Crippen LogP) is 4.27.